The molecule has 0 amide bonds. The highest BCUT2D eigenvalue weighted by molar-refractivity contribution is 4.94. The van der Waals surface area contributed by atoms with Crippen LogP contribution in [0.15, 0.2) is 21.9 Å². The summed E-state index contributed by atoms with van der Waals surface area (Å²) >= 11 is 0. The Morgan fingerprint density at radius 1 is 1.39 bits per heavy atom. The van der Waals surface area contributed by atoms with Gasteiger partial charge in [0.2, 0.25) is 0 Å². The molecule has 3 heterocycles. The van der Waals surface area contributed by atoms with Gasteiger partial charge in [0.25, 0.3) is 5.56 Å². The first-order valence-corrected chi connectivity index (χ1v) is 7.63. The van der Waals surface area contributed by atoms with Gasteiger partial charge >= 0.3 is 5.69 Å². The maximum absolute atomic E-state index is 12.0. The van der Waals surface area contributed by atoms with E-state index >= 15 is 0 Å². The minimum atomic E-state index is -1.12. The molecular weight excluding hydrogens is 308 g/mol. The minimum Gasteiger partial charge on any atom is -0.394 e. The molecule has 0 aromatic carbocycles. The summed E-state index contributed by atoms with van der Waals surface area (Å²) in [7, 11) is 0. The van der Waals surface area contributed by atoms with E-state index in [0.29, 0.717) is 13.0 Å². The Kier molecular flexibility index (Phi) is 4.93. The van der Waals surface area contributed by atoms with Gasteiger partial charge < -0.3 is 24.4 Å². The fraction of sp³-hybridized carbons (Fsp3) is 0.714. The summed E-state index contributed by atoms with van der Waals surface area (Å²) in [6.07, 6.45) is -0.494. The third kappa shape index (κ3) is 3.38. The van der Waals surface area contributed by atoms with Crippen LogP contribution in [0.3, 0.4) is 0 Å². The number of rotatable bonds is 4. The molecule has 0 aliphatic carbocycles. The lowest BCUT2D eigenvalue weighted by Gasteiger charge is -2.29. The molecule has 3 rings (SSSR count). The van der Waals surface area contributed by atoms with E-state index in [9.17, 15) is 19.8 Å². The van der Waals surface area contributed by atoms with Crippen LogP contribution in [0.25, 0.3) is 0 Å². The van der Waals surface area contributed by atoms with Crippen molar-refractivity contribution in [2.24, 2.45) is 0 Å². The van der Waals surface area contributed by atoms with Crippen LogP contribution in [-0.4, -0.2) is 57.6 Å². The molecule has 1 aromatic rings. The van der Waals surface area contributed by atoms with E-state index in [-0.39, 0.29) is 0 Å². The molecule has 0 spiro atoms. The van der Waals surface area contributed by atoms with Crippen LogP contribution >= 0.6 is 0 Å². The van der Waals surface area contributed by atoms with Crippen molar-refractivity contribution in [2.45, 2.75) is 50.1 Å². The fourth-order valence-electron chi connectivity index (χ4n) is 2.86. The van der Waals surface area contributed by atoms with Crippen molar-refractivity contribution in [1.82, 2.24) is 9.55 Å². The van der Waals surface area contributed by atoms with Crippen molar-refractivity contribution in [3.05, 3.63) is 33.1 Å². The Balaban J connectivity index is 1.85. The second kappa shape index (κ2) is 6.93. The SMILES string of the molecule is O=c1ccn([C@@H]2O[C@H](CO)[C@@H](O)[C@H]2O[C@@H]2CCCCO2)c(=O)[nH]1. The predicted octanol–water partition coefficient (Wildman–Crippen LogP) is -1.30. The van der Waals surface area contributed by atoms with Gasteiger partial charge in [0.1, 0.15) is 18.3 Å². The normalized spacial score (nSPS) is 34.6. The van der Waals surface area contributed by atoms with E-state index in [2.05, 4.69) is 4.98 Å². The maximum Gasteiger partial charge on any atom is 0.330 e. The quantitative estimate of drug-likeness (QED) is 0.627. The van der Waals surface area contributed by atoms with Gasteiger partial charge in [-0.05, 0) is 19.3 Å². The van der Waals surface area contributed by atoms with Crippen LogP contribution in [0.5, 0.6) is 0 Å². The first-order chi connectivity index (χ1) is 11.1. The van der Waals surface area contributed by atoms with Crippen molar-refractivity contribution in [2.75, 3.05) is 13.2 Å². The number of aromatic nitrogens is 2. The van der Waals surface area contributed by atoms with Crippen molar-refractivity contribution >= 4 is 0 Å². The van der Waals surface area contributed by atoms with E-state index in [4.69, 9.17) is 14.2 Å². The molecule has 2 aliphatic rings. The van der Waals surface area contributed by atoms with Gasteiger partial charge in [-0.15, -0.1) is 0 Å². The summed E-state index contributed by atoms with van der Waals surface area (Å²) in [6.45, 7) is 0.155. The van der Waals surface area contributed by atoms with Gasteiger partial charge in [-0.2, -0.15) is 0 Å². The summed E-state index contributed by atoms with van der Waals surface area (Å²) in [6, 6.07) is 1.18. The zero-order valence-corrected chi connectivity index (χ0v) is 12.5. The summed E-state index contributed by atoms with van der Waals surface area (Å²) in [5.74, 6) is 0. The number of aromatic amines is 1. The number of nitrogens with one attached hydrogen (secondary N) is 1. The Hall–Kier alpha value is -1.52. The van der Waals surface area contributed by atoms with E-state index in [1.165, 1.54) is 12.3 Å². The molecule has 1 aromatic heterocycles. The highest BCUT2D eigenvalue weighted by Gasteiger charge is 2.47. The third-order valence-corrected chi connectivity index (χ3v) is 4.06. The molecule has 3 N–H and O–H groups in total. The van der Waals surface area contributed by atoms with E-state index in [1.807, 2.05) is 0 Å². The molecule has 9 heteroatoms. The molecule has 2 saturated heterocycles. The van der Waals surface area contributed by atoms with Crippen LogP contribution in [-0.2, 0) is 14.2 Å². The summed E-state index contributed by atoms with van der Waals surface area (Å²) in [5.41, 5.74) is -1.21. The molecule has 0 unspecified atom stereocenters. The number of aliphatic hydroxyl groups excluding tert-OH is 2. The molecule has 5 atom stereocenters. The highest BCUT2D eigenvalue weighted by atomic mass is 16.7. The first-order valence-electron chi connectivity index (χ1n) is 7.63. The zero-order chi connectivity index (χ0) is 16.4. The lowest BCUT2D eigenvalue weighted by molar-refractivity contribution is -0.215. The topological polar surface area (TPSA) is 123 Å². The average Bonchev–Trinajstić information content (AvgIpc) is 2.85. The van der Waals surface area contributed by atoms with Crippen LogP contribution < -0.4 is 11.2 Å². The minimum absolute atomic E-state index is 0.416. The molecule has 23 heavy (non-hydrogen) atoms. The van der Waals surface area contributed by atoms with E-state index < -0.39 is 48.7 Å². The highest BCUT2D eigenvalue weighted by Crippen LogP contribution is 2.32. The second-order valence-corrected chi connectivity index (χ2v) is 5.65. The number of nitrogens with zero attached hydrogens (tertiary/aromatic N) is 1. The second-order valence-electron chi connectivity index (χ2n) is 5.65. The number of hydrogen-bond donors (Lipinski definition) is 3. The van der Waals surface area contributed by atoms with Gasteiger partial charge in [-0.1, -0.05) is 0 Å². The standard InChI is InChI=1S/C14H20N2O7/c17-7-8-11(19)12(23-10-3-1-2-6-21-10)13(22-8)16-5-4-9(18)15-14(16)20/h4-5,8,10-13,17,19H,1-3,6-7H2,(H,15,18,20)/t8-,10-,11-,12-,13-/m1/s1. The number of aliphatic hydroxyl groups is 2. The largest absolute Gasteiger partial charge is 0.394 e. The van der Waals surface area contributed by atoms with Gasteiger partial charge in [0.15, 0.2) is 12.5 Å². The summed E-state index contributed by atoms with van der Waals surface area (Å²) in [5, 5.41) is 19.6. The molecular formula is C14H20N2O7. The number of hydrogen-bond acceptors (Lipinski definition) is 7. The zero-order valence-electron chi connectivity index (χ0n) is 12.5. The van der Waals surface area contributed by atoms with Crippen LogP contribution in [0, 0.1) is 0 Å². The Morgan fingerprint density at radius 3 is 2.87 bits per heavy atom. The Labute approximate surface area is 131 Å². The van der Waals surface area contributed by atoms with Gasteiger partial charge in [-0.25, -0.2) is 4.79 Å². The average molecular weight is 328 g/mol. The molecule has 0 saturated carbocycles. The number of ether oxygens (including phenoxy) is 3. The van der Waals surface area contributed by atoms with Crippen molar-refractivity contribution in [3.63, 3.8) is 0 Å². The lowest BCUT2D eigenvalue weighted by Crippen LogP contribution is -2.42. The van der Waals surface area contributed by atoms with Crippen molar-refractivity contribution in [1.29, 1.82) is 0 Å². The van der Waals surface area contributed by atoms with Gasteiger partial charge in [-0.3, -0.25) is 14.3 Å². The van der Waals surface area contributed by atoms with Gasteiger partial charge in [0, 0.05) is 18.9 Å². The monoisotopic (exact) mass is 328 g/mol. The molecule has 2 aliphatic heterocycles. The van der Waals surface area contributed by atoms with Gasteiger partial charge in [0.05, 0.1) is 6.61 Å². The Morgan fingerprint density at radius 2 is 2.22 bits per heavy atom. The van der Waals surface area contributed by atoms with Crippen molar-refractivity contribution < 1.29 is 24.4 Å². The van der Waals surface area contributed by atoms with Crippen LogP contribution in [0.4, 0.5) is 0 Å². The van der Waals surface area contributed by atoms with E-state index in [1.54, 1.807) is 0 Å². The van der Waals surface area contributed by atoms with Crippen molar-refractivity contribution in [3.8, 4) is 0 Å². The third-order valence-electron chi connectivity index (χ3n) is 4.06. The van der Waals surface area contributed by atoms with E-state index in [0.717, 1.165) is 17.4 Å². The lowest BCUT2D eigenvalue weighted by atomic mass is 10.1. The molecule has 2 fully saturated rings. The first kappa shape index (κ1) is 16.3. The molecule has 0 radical (unpaired) electrons. The van der Waals surface area contributed by atoms with Crippen LogP contribution in [0.1, 0.15) is 25.5 Å². The summed E-state index contributed by atoms with van der Waals surface area (Å²) in [4.78, 5) is 25.3. The Bertz CT molecular complexity index is 637. The fourth-order valence-corrected chi connectivity index (χ4v) is 2.86. The summed E-state index contributed by atoms with van der Waals surface area (Å²) < 4.78 is 18.0. The van der Waals surface area contributed by atoms with Crippen LogP contribution in [0.2, 0.25) is 0 Å². The molecule has 128 valence electrons. The predicted molar refractivity (Wildman–Crippen MR) is 76.8 cm³/mol. The maximum atomic E-state index is 12.0. The smallest absolute Gasteiger partial charge is 0.330 e. The molecule has 0 bridgehead atoms. The molecule has 9 nitrogen and oxygen atoms in total. The number of H-pyrrole nitrogens is 1.